The highest BCUT2D eigenvalue weighted by Gasteiger charge is 2.09. The maximum atomic E-state index is 13.2. The monoisotopic (exact) mass is 201 g/mol. The molecule has 14 heavy (non-hydrogen) atoms. The summed E-state index contributed by atoms with van der Waals surface area (Å²) in [5.41, 5.74) is 0.394. The van der Waals surface area contributed by atoms with Gasteiger partial charge < -0.3 is 14.7 Å². The molecule has 1 rings (SSSR count). The van der Waals surface area contributed by atoms with Crippen LogP contribution in [-0.4, -0.2) is 18.8 Å². The van der Waals surface area contributed by atoms with Gasteiger partial charge in [0.2, 0.25) is 0 Å². The van der Waals surface area contributed by atoms with E-state index >= 15 is 0 Å². The molecule has 0 saturated heterocycles. The Morgan fingerprint density at radius 3 is 2.79 bits per heavy atom. The molecule has 0 heterocycles. The van der Waals surface area contributed by atoms with Gasteiger partial charge in [-0.1, -0.05) is 0 Å². The Bertz CT molecular complexity index is 317. The average Bonchev–Trinajstić information content (AvgIpc) is 2.17. The minimum Gasteiger partial charge on any atom is -0.504 e. The number of phenolic OH excluding ortho intramolecular Hbond substituents is 1. The van der Waals surface area contributed by atoms with Crippen LogP contribution in [-0.2, 0) is 11.3 Å². The first-order valence-electron chi connectivity index (χ1n) is 4.06. The normalized spacial score (nSPS) is 10.2. The SMILES string of the molecule is COc1cc(CCON)c(F)cc1O. The van der Waals surface area contributed by atoms with Crippen molar-refractivity contribution in [3.63, 3.8) is 0 Å². The van der Waals surface area contributed by atoms with Crippen LogP contribution in [0.4, 0.5) is 4.39 Å². The highest BCUT2D eigenvalue weighted by molar-refractivity contribution is 5.42. The first-order valence-corrected chi connectivity index (χ1v) is 4.06. The lowest BCUT2D eigenvalue weighted by atomic mass is 10.1. The fourth-order valence-electron chi connectivity index (χ4n) is 1.11. The zero-order valence-electron chi connectivity index (χ0n) is 7.79. The van der Waals surface area contributed by atoms with Gasteiger partial charge in [-0.25, -0.2) is 10.3 Å². The maximum Gasteiger partial charge on any atom is 0.160 e. The third-order valence-electron chi connectivity index (χ3n) is 1.84. The third kappa shape index (κ3) is 2.34. The van der Waals surface area contributed by atoms with E-state index in [0.29, 0.717) is 12.0 Å². The first-order chi connectivity index (χ1) is 6.69. The summed E-state index contributed by atoms with van der Waals surface area (Å²) in [7, 11) is 1.40. The van der Waals surface area contributed by atoms with E-state index in [2.05, 4.69) is 4.84 Å². The second-order valence-electron chi connectivity index (χ2n) is 2.74. The molecule has 1 aromatic rings. The summed E-state index contributed by atoms with van der Waals surface area (Å²) in [6, 6.07) is 2.42. The van der Waals surface area contributed by atoms with E-state index in [-0.39, 0.29) is 18.1 Å². The highest BCUT2D eigenvalue weighted by Crippen LogP contribution is 2.28. The number of phenols is 1. The lowest BCUT2D eigenvalue weighted by molar-refractivity contribution is 0.140. The molecule has 0 aliphatic heterocycles. The molecule has 0 aliphatic carbocycles. The van der Waals surface area contributed by atoms with Gasteiger partial charge in [-0.05, 0) is 11.6 Å². The van der Waals surface area contributed by atoms with E-state index < -0.39 is 5.82 Å². The molecule has 0 aliphatic rings. The van der Waals surface area contributed by atoms with Crippen molar-refractivity contribution in [3.05, 3.63) is 23.5 Å². The van der Waals surface area contributed by atoms with Gasteiger partial charge >= 0.3 is 0 Å². The Labute approximate surface area is 81.0 Å². The summed E-state index contributed by atoms with van der Waals surface area (Å²) >= 11 is 0. The largest absolute Gasteiger partial charge is 0.504 e. The zero-order chi connectivity index (χ0) is 10.6. The van der Waals surface area contributed by atoms with Crippen molar-refractivity contribution < 1.29 is 19.1 Å². The van der Waals surface area contributed by atoms with Crippen LogP contribution >= 0.6 is 0 Å². The van der Waals surface area contributed by atoms with Crippen molar-refractivity contribution in [2.24, 2.45) is 5.90 Å². The second-order valence-corrected chi connectivity index (χ2v) is 2.74. The molecular weight excluding hydrogens is 189 g/mol. The van der Waals surface area contributed by atoms with E-state index in [4.69, 9.17) is 10.6 Å². The molecule has 3 N–H and O–H groups in total. The molecule has 0 unspecified atom stereocenters. The maximum absolute atomic E-state index is 13.2. The highest BCUT2D eigenvalue weighted by atomic mass is 19.1. The third-order valence-corrected chi connectivity index (χ3v) is 1.84. The number of rotatable bonds is 4. The molecular formula is C9H12FNO3. The quantitative estimate of drug-likeness (QED) is 0.712. The van der Waals surface area contributed by atoms with Crippen LogP contribution in [0.1, 0.15) is 5.56 Å². The summed E-state index contributed by atoms with van der Waals surface area (Å²) in [4.78, 5) is 4.33. The molecule has 4 nitrogen and oxygen atoms in total. The van der Waals surface area contributed by atoms with Crippen LogP contribution < -0.4 is 10.6 Å². The molecule has 0 amide bonds. The van der Waals surface area contributed by atoms with Gasteiger partial charge in [0.25, 0.3) is 0 Å². The van der Waals surface area contributed by atoms with Crippen LogP contribution in [0.15, 0.2) is 12.1 Å². The van der Waals surface area contributed by atoms with Gasteiger partial charge in [-0.2, -0.15) is 0 Å². The number of halogens is 1. The predicted octanol–water partition coefficient (Wildman–Crippen LogP) is 0.973. The van der Waals surface area contributed by atoms with Crippen LogP contribution in [0.2, 0.25) is 0 Å². The Morgan fingerprint density at radius 2 is 2.21 bits per heavy atom. The number of benzene rings is 1. The zero-order valence-corrected chi connectivity index (χ0v) is 7.79. The summed E-state index contributed by atoms with van der Waals surface area (Å²) in [6.07, 6.45) is 0.332. The minimum atomic E-state index is -0.500. The number of aromatic hydroxyl groups is 1. The Morgan fingerprint density at radius 1 is 1.50 bits per heavy atom. The standard InChI is InChI=1S/C9H12FNO3/c1-13-9-4-6(2-3-14-11)7(10)5-8(9)12/h4-5,12H,2-3,11H2,1H3. The van der Waals surface area contributed by atoms with Gasteiger partial charge in [0.05, 0.1) is 13.7 Å². The molecule has 5 heteroatoms. The molecule has 0 spiro atoms. The number of nitrogens with two attached hydrogens (primary N) is 1. The number of methoxy groups -OCH3 is 1. The lowest BCUT2D eigenvalue weighted by Gasteiger charge is -2.07. The Kier molecular flexibility index (Phi) is 3.67. The Balaban J connectivity index is 2.92. The van der Waals surface area contributed by atoms with Crippen molar-refractivity contribution in [1.82, 2.24) is 0 Å². The second kappa shape index (κ2) is 4.78. The molecule has 78 valence electrons. The summed E-state index contributed by atoms with van der Waals surface area (Å²) in [6.45, 7) is 0.213. The summed E-state index contributed by atoms with van der Waals surface area (Å²) in [5, 5.41) is 9.22. The molecule has 0 atom stereocenters. The molecule has 0 bridgehead atoms. The van der Waals surface area contributed by atoms with E-state index in [1.807, 2.05) is 0 Å². The smallest absolute Gasteiger partial charge is 0.160 e. The summed E-state index contributed by atoms with van der Waals surface area (Å²) < 4.78 is 18.0. The average molecular weight is 201 g/mol. The van der Waals surface area contributed by atoms with E-state index in [0.717, 1.165) is 6.07 Å². The number of hydrogen-bond acceptors (Lipinski definition) is 4. The van der Waals surface area contributed by atoms with Crippen LogP contribution in [0.3, 0.4) is 0 Å². The first kappa shape index (κ1) is 10.7. The van der Waals surface area contributed by atoms with Gasteiger partial charge in [0.15, 0.2) is 11.5 Å². The lowest BCUT2D eigenvalue weighted by Crippen LogP contribution is -2.05. The van der Waals surface area contributed by atoms with Crippen molar-refractivity contribution in [2.45, 2.75) is 6.42 Å². The summed E-state index contributed by atoms with van der Waals surface area (Å²) in [5.74, 6) is 4.34. The van der Waals surface area contributed by atoms with E-state index in [1.54, 1.807) is 0 Å². The van der Waals surface area contributed by atoms with Crippen molar-refractivity contribution in [3.8, 4) is 11.5 Å². The van der Waals surface area contributed by atoms with Gasteiger partial charge in [-0.3, -0.25) is 0 Å². The fraction of sp³-hybridized carbons (Fsp3) is 0.333. The van der Waals surface area contributed by atoms with Crippen LogP contribution in [0.5, 0.6) is 11.5 Å². The fourth-order valence-corrected chi connectivity index (χ4v) is 1.11. The molecule has 0 fully saturated rings. The van der Waals surface area contributed by atoms with Crippen molar-refractivity contribution in [2.75, 3.05) is 13.7 Å². The van der Waals surface area contributed by atoms with E-state index in [1.165, 1.54) is 13.2 Å². The molecule has 0 aromatic heterocycles. The molecule has 1 aromatic carbocycles. The van der Waals surface area contributed by atoms with E-state index in [9.17, 15) is 9.50 Å². The van der Waals surface area contributed by atoms with Gasteiger partial charge in [0, 0.05) is 12.5 Å². The Hall–Kier alpha value is -1.33. The molecule has 0 radical (unpaired) electrons. The molecule has 0 saturated carbocycles. The van der Waals surface area contributed by atoms with Crippen LogP contribution in [0.25, 0.3) is 0 Å². The van der Waals surface area contributed by atoms with Gasteiger partial charge in [0.1, 0.15) is 5.82 Å². The van der Waals surface area contributed by atoms with Crippen molar-refractivity contribution >= 4 is 0 Å². The van der Waals surface area contributed by atoms with Crippen molar-refractivity contribution in [1.29, 1.82) is 0 Å². The predicted molar refractivity (Wildman–Crippen MR) is 48.5 cm³/mol. The number of ether oxygens (including phenoxy) is 1. The topological polar surface area (TPSA) is 64.7 Å². The van der Waals surface area contributed by atoms with Crippen LogP contribution in [0, 0.1) is 5.82 Å². The minimum absolute atomic E-state index is 0.213. The number of hydrogen-bond donors (Lipinski definition) is 2. The van der Waals surface area contributed by atoms with Gasteiger partial charge in [-0.15, -0.1) is 0 Å².